The van der Waals surface area contributed by atoms with Gasteiger partial charge in [0, 0.05) is 36.6 Å². The summed E-state index contributed by atoms with van der Waals surface area (Å²) in [5, 5.41) is 5.83. The first-order valence-electron chi connectivity index (χ1n) is 10.7. The second-order valence-corrected chi connectivity index (χ2v) is 7.61. The van der Waals surface area contributed by atoms with Gasteiger partial charge in [0.05, 0.1) is 13.3 Å². The lowest BCUT2D eigenvalue weighted by Gasteiger charge is -2.12. The monoisotopic (exact) mass is 435 g/mol. The first-order chi connectivity index (χ1) is 15.5. The molecular formula is C25H29N3O4. The first kappa shape index (κ1) is 23.1. The Bertz CT molecular complexity index is 1040. The third kappa shape index (κ3) is 6.44. The molecule has 7 heteroatoms. The van der Waals surface area contributed by atoms with Crippen LogP contribution in [0.4, 0.5) is 0 Å². The largest absolute Gasteiger partial charge is 0.497 e. The number of aromatic nitrogens is 1. The van der Waals surface area contributed by atoms with Gasteiger partial charge in [0.2, 0.25) is 5.91 Å². The summed E-state index contributed by atoms with van der Waals surface area (Å²) in [7, 11) is 1.62. The molecule has 2 amide bonds. The van der Waals surface area contributed by atoms with Gasteiger partial charge in [-0.15, -0.1) is 0 Å². The van der Waals surface area contributed by atoms with Crippen molar-refractivity contribution in [3.8, 4) is 17.1 Å². The maximum absolute atomic E-state index is 12.3. The number of carbonyl (C=O) groups is 2. The highest BCUT2D eigenvalue weighted by Crippen LogP contribution is 2.23. The quantitative estimate of drug-likeness (QED) is 0.499. The fraction of sp³-hybridized carbons (Fsp3) is 0.320. The summed E-state index contributed by atoms with van der Waals surface area (Å²) in [6, 6.07) is 14.9. The molecule has 0 bridgehead atoms. The number of hydrogen-bond donors (Lipinski definition) is 2. The number of amides is 2. The number of oxazole rings is 1. The Kier molecular flexibility index (Phi) is 8.02. The Morgan fingerprint density at radius 1 is 1.16 bits per heavy atom. The summed E-state index contributed by atoms with van der Waals surface area (Å²) in [5.74, 6) is 1.71. The van der Waals surface area contributed by atoms with Crippen LogP contribution in [0.3, 0.4) is 0 Å². The maximum atomic E-state index is 12.3. The molecule has 1 unspecified atom stereocenters. The van der Waals surface area contributed by atoms with Crippen LogP contribution in [0.5, 0.6) is 5.75 Å². The molecule has 0 aliphatic heterocycles. The lowest BCUT2D eigenvalue weighted by Crippen LogP contribution is -2.32. The standard InChI is InChI=1S/C25H29N3O4/c1-4-17(2)28-25(30)20-7-5-6-18(14-20)15-26-23(29)12-13-24-27-16-22(32-24)19-8-10-21(31-3)11-9-19/h5-11,14,16-17H,4,12-13,15H2,1-3H3,(H,26,29)(H,28,30). The summed E-state index contributed by atoms with van der Waals surface area (Å²) in [6.45, 7) is 4.34. The second kappa shape index (κ2) is 11.1. The Labute approximate surface area is 188 Å². The number of hydrogen-bond acceptors (Lipinski definition) is 5. The third-order valence-electron chi connectivity index (χ3n) is 5.16. The van der Waals surface area contributed by atoms with Crippen LogP contribution in [-0.2, 0) is 17.8 Å². The molecule has 0 saturated carbocycles. The number of aryl methyl sites for hydroxylation is 1. The molecule has 32 heavy (non-hydrogen) atoms. The third-order valence-corrected chi connectivity index (χ3v) is 5.16. The summed E-state index contributed by atoms with van der Waals surface area (Å²) in [6.07, 6.45) is 3.19. The van der Waals surface area contributed by atoms with E-state index in [-0.39, 0.29) is 24.3 Å². The highest BCUT2D eigenvalue weighted by Gasteiger charge is 2.11. The average Bonchev–Trinajstić information content (AvgIpc) is 3.30. The van der Waals surface area contributed by atoms with E-state index in [9.17, 15) is 9.59 Å². The van der Waals surface area contributed by atoms with Crippen LogP contribution in [-0.4, -0.2) is 29.9 Å². The van der Waals surface area contributed by atoms with E-state index in [1.807, 2.05) is 50.2 Å². The smallest absolute Gasteiger partial charge is 0.251 e. The predicted octanol–water partition coefficient (Wildman–Crippen LogP) is 4.13. The second-order valence-electron chi connectivity index (χ2n) is 7.61. The Morgan fingerprint density at radius 3 is 2.66 bits per heavy atom. The van der Waals surface area contributed by atoms with Crippen LogP contribution in [0.1, 0.15) is 48.5 Å². The topological polar surface area (TPSA) is 93.5 Å². The molecule has 1 atom stereocenters. The van der Waals surface area contributed by atoms with Gasteiger partial charge in [0.1, 0.15) is 5.75 Å². The van der Waals surface area contributed by atoms with Gasteiger partial charge in [0.15, 0.2) is 11.7 Å². The van der Waals surface area contributed by atoms with E-state index in [0.717, 1.165) is 23.3 Å². The molecule has 168 valence electrons. The van der Waals surface area contributed by atoms with Crippen molar-refractivity contribution < 1.29 is 18.7 Å². The average molecular weight is 436 g/mol. The van der Waals surface area contributed by atoms with Crippen molar-refractivity contribution in [3.63, 3.8) is 0 Å². The summed E-state index contributed by atoms with van der Waals surface area (Å²) in [5.41, 5.74) is 2.35. The van der Waals surface area contributed by atoms with Crippen molar-refractivity contribution in [2.45, 2.75) is 45.7 Å². The fourth-order valence-electron chi connectivity index (χ4n) is 3.06. The minimum Gasteiger partial charge on any atom is -0.497 e. The Hall–Kier alpha value is -3.61. The number of benzene rings is 2. The number of ether oxygens (including phenoxy) is 1. The number of carbonyl (C=O) groups excluding carboxylic acids is 2. The fourth-order valence-corrected chi connectivity index (χ4v) is 3.06. The van der Waals surface area contributed by atoms with Crippen molar-refractivity contribution in [1.29, 1.82) is 0 Å². The lowest BCUT2D eigenvalue weighted by atomic mass is 10.1. The van der Waals surface area contributed by atoms with Crippen molar-refractivity contribution in [1.82, 2.24) is 15.6 Å². The van der Waals surface area contributed by atoms with Crippen LogP contribution >= 0.6 is 0 Å². The van der Waals surface area contributed by atoms with Gasteiger partial charge < -0.3 is 19.8 Å². The summed E-state index contributed by atoms with van der Waals surface area (Å²) in [4.78, 5) is 28.8. The molecule has 0 spiro atoms. The molecule has 1 aromatic heterocycles. The SMILES string of the molecule is CCC(C)NC(=O)c1cccc(CNC(=O)CCc2ncc(-c3ccc(OC)cc3)o2)c1. The first-order valence-corrected chi connectivity index (χ1v) is 10.7. The highest BCUT2D eigenvalue weighted by molar-refractivity contribution is 5.94. The molecule has 2 N–H and O–H groups in total. The zero-order chi connectivity index (χ0) is 22.9. The van der Waals surface area contributed by atoms with Crippen molar-refractivity contribution in [2.75, 3.05) is 7.11 Å². The Morgan fingerprint density at radius 2 is 1.94 bits per heavy atom. The number of methoxy groups -OCH3 is 1. The lowest BCUT2D eigenvalue weighted by molar-refractivity contribution is -0.121. The van der Waals surface area contributed by atoms with E-state index in [0.29, 0.717) is 30.2 Å². The van der Waals surface area contributed by atoms with Gasteiger partial charge >= 0.3 is 0 Å². The van der Waals surface area contributed by atoms with E-state index in [1.165, 1.54) is 0 Å². The van der Waals surface area contributed by atoms with Gasteiger partial charge in [-0.05, 0) is 55.3 Å². The van der Waals surface area contributed by atoms with E-state index < -0.39 is 0 Å². The van der Waals surface area contributed by atoms with Crippen LogP contribution in [0.15, 0.2) is 59.1 Å². The molecule has 3 rings (SSSR count). The molecule has 0 saturated heterocycles. The minimum atomic E-state index is -0.108. The maximum Gasteiger partial charge on any atom is 0.251 e. The molecule has 0 aliphatic carbocycles. The van der Waals surface area contributed by atoms with Gasteiger partial charge in [-0.1, -0.05) is 19.1 Å². The number of nitrogens with one attached hydrogen (secondary N) is 2. The molecule has 0 aliphatic rings. The van der Waals surface area contributed by atoms with Crippen molar-refractivity contribution >= 4 is 11.8 Å². The molecule has 3 aromatic rings. The minimum absolute atomic E-state index is 0.107. The predicted molar refractivity (Wildman–Crippen MR) is 122 cm³/mol. The molecule has 2 aromatic carbocycles. The summed E-state index contributed by atoms with van der Waals surface area (Å²) >= 11 is 0. The highest BCUT2D eigenvalue weighted by atomic mass is 16.5. The van der Waals surface area contributed by atoms with Gasteiger partial charge in [-0.25, -0.2) is 4.98 Å². The van der Waals surface area contributed by atoms with Gasteiger partial charge in [0.25, 0.3) is 5.91 Å². The van der Waals surface area contributed by atoms with Crippen LogP contribution in [0.25, 0.3) is 11.3 Å². The van der Waals surface area contributed by atoms with Crippen LogP contribution in [0.2, 0.25) is 0 Å². The van der Waals surface area contributed by atoms with E-state index >= 15 is 0 Å². The molecular weight excluding hydrogens is 406 g/mol. The molecule has 7 nitrogen and oxygen atoms in total. The van der Waals surface area contributed by atoms with Crippen molar-refractivity contribution in [3.05, 3.63) is 71.7 Å². The van der Waals surface area contributed by atoms with Gasteiger partial charge in [-0.2, -0.15) is 0 Å². The number of nitrogens with zero attached hydrogens (tertiary/aromatic N) is 1. The molecule has 0 fully saturated rings. The zero-order valence-electron chi connectivity index (χ0n) is 18.7. The normalized spacial score (nSPS) is 11.6. The van der Waals surface area contributed by atoms with Crippen molar-refractivity contribution in [2.24, 2.45) is 0 Å². The van der Waals surface area contributed by atoms with Crippen LogP contribution < -0.4 is 15.4 Å². The van der Waals surface area contributed by atoms with E-state index in [2.05, 4.69) is 15.6 Å². The van der Waals surface area contributed by atoms with Gasteiger partial charge in [-0.3, -0.25) is 9.59 Å². The summed E-state index contributed by atoms with van der Waals surface area (Å²) < 4.78 is 10.9. The van der Waals surface area contributed by atoms with E-state index in [1.54, 1.807) is 25.4 Å². The van der Waals surface area contributed by atoms with Crippen LogP contribution in [0, 0.1) is 0 Å². The molecule has 1 heterocycles. The number of rotatable bonds is 10. The molecule has 0 radical (unpaired) electrons. The Balaban J connectivity index is 1.48. The zero-order valence-corrected chi connectivity index (χ0v) is 18.7. The van der Waals surface area contributed by atoms with E-state index in [4.69, 9.17) is 9.15 Å².